The third kappa shape index (κ3) is 6.08. The van der Waals surface area contributed by atoms with Crippen molar-refractivity contribution in [3.63, 3.8) is 0 Å². The minimum absolute atomic E-state index is 0.140. The van der Waals surface area contributed by atoms with Crippen molar-refractivity contribution in [2.45, 2.75) is 19.3 Å². The highest BCUT2D eigenvalue weighted by Gasteiger charge is 2.27. The summed E-state index contributed by atoms with van der Waals surface area (Å²) < 4.78 is 42.9. The number of amides is 1. The highest BCUT2D eigenvalue weighted by molar-refractivity contribution is 5.99. The molecular weight excluding hydrogens is 445 g/mol. The van der Waals surface area contributed by atoms with Gasteiger partial charge in [-0.15, -0.1) is 0 Å². The van der Waals surface area contributed by atoms with Gasteiger partial charge in [-0.05, 0) is 35.4 Å². The SMILES string of the molecule is O=C(NCc1ccc(COCC(F)(F)F)cc1)c1cn(-c2ccccc2)nc1-c1cccnc1. The number of halogens is 3. The lowest BCUT2D eigenvalue weighted by atomic mass is 10.1. The number of rotatable bonds is 8. The molecule has 4 aromatic rings. The van der Waals surface area contributed by atoms with Crippen LogP contribution in [0.3, 0.4) is 0 Å². The van der Waals surface area contributed by atoms with E-state index < -0.39 is 12.8 Å². The summed E-state index contributed by atoms with van der Waals surface area (Å²) in [5.74, 6) is -0.307. The summed E-state index contributed by atoms with van der Waals surface area (Å²) in [5.41, 5.74) is 3.84. The largest absolute Gasteiger partial charge is 0.411 e. The number of benzene rings is 2. The van der Waals surface area contributed by atoms with Crippen molar-refractivity contribution >= 4 is 5.91 Å². The molecule has 0 aliphatic rings. The molecule has 6 nitrogen and oxygen atoms in total. The van der Waals surface area contributed by atoms with Gasteiger partial charge in [-0.1, -0.05) is 42.5 Å². The maximum atomic E-state index is 13.0. The molecular formula is C25H21F3N4O2. The molecule has 0 fully saturated rings. The number of hydrogen-bond acceptors (Lipinski definition) is 4. The molecule has 0 bridgehead atoms. The molecule has 0 aliphatic carbocycles. The van der Waals surface area contributed by atoms with Crippen molar-refractivity contribution in [1.82, 2.24) is 20.1 Å². The molecule has 9 heteroatoms. The second kappa shape index (κ2) is 10.3. The van der Waals surface area contributed by atoms with Crippen LogP contribution in [0.15, 0.2) is 85.3 Å². The zero-order chi connectivity index (χ0) is 24.0. The molecule has 0 atom stereocenters. The first-order chi connectivity index (χ1) is 16.4. The molecule has 0 radical (unpaired) electrons. The Bertz CT molecular complexity index is 1220. The van der Waals surface area contributed by atoms with Crippen LogP contribution in [0, 0.1) is 0 Å². The van der Waals surface area contributed by atoms with E-state index in [1.807, 2.05) is 36.4 Å². The zero-order valence-corrected chi connectivity index (χ0v) is 18.0. The Hall–Kier alpha value is -3.98. The van der Waals surface area contributed by atoms with E-state index in [-0.39, 0.29) is 19.1 Å². The Morgan fingerprint density at radius 2 is 1.71 bits per heavy atom. The molecule has 2 aromatic carbocycles. The van der Waals surface area contributed by atoms with Gasteiger partial charge in [0.2, 0.25) is 0 Å². The summed E-state index contributed by atoms with van der Waals surface area (Å²) in [6.45, 7) is -1.19. The molecule has 0 aliphatic heterocycles. The standard InChI is InChI=1S/C25H21F3N4O2/c26-25(27,28)17-34-16-19-10-8-18(9-11-19)13-30-24(33)22-15-32(21-6-2-1-3-7-21)31-23(22)20-5-4-12-29-14-20/h1-12,14-15H,13,16-17H2,(H,30,33). The fourth-order valence-corrected chi connectivity index (χ4v) is 3.28. The number of alkyl halides is 3. The van der Waals surface area contributed by atoms with Crippen molar-refractivity contribution in [1.29, 1.82) is 0 Å². The molecule has 0 saturated heterocycles. The fourth-order valence-electron chi connectivity index (χ4n) is 3.28. The summed E-state index contributed by atoms with van der Waals surface area (Å²) in [5, 5.41) is 7.49. The molecule has 2 aromatic heterocycles. The van der Waals surface area contributed by atoms with Crippen molar-refractivity contribution in [3.8, 4) is 16.9 Å². The van der Waals surface area contributed by atoms with Crippen molar-refractivity contribution in [2.24, 2.45) is 0 Å². The topological polar surface area (TPSA) is 69.0 Å². The van der Waals surface area contributed by atoms with Crippen LogP contribution >= 0.6 is 0 Å². The molecule has 34 heavy (non-hydrogen) atoms. The van der Waals surface area contributed by atoms with E-state index >= 15 is 0 Å². The molecule has 1 amide bonds. The smallest absolute Gasteiger partial charge is 0.367 e. The van der Waals surface area contributed by atoms with Crippen molar-refractivity contribution < 1.29 is 22.7 Å². The minimum Gasteiger partial charge on any atom is -0.367 e. The number of hydrogen-bond donors (Lipinski definition) is 1. The lowest BCUT2D eigenvalue weighted by Gasteiger charge is -2.09. The van der Waals surface area contributed by atoms with Crippen LogP contribution in [0.5, 0.6) is 0 Å². The quantitative estimate of drug-likeness (QED) is 0.399. The Morgan fingerprint density at radius 1 is 0.971 bits per heavy atom. The van der Waals surface area contributed by atoms with E-state index in [4.69, 9.17) is 0 Å². The molecule has 2 heterocycles. The van der Waals surface area contributed by atoms with Gasteiger partial charge >= 0.3 is 6.18 Å². The van der Waals surface area contributed by atoms with Crippen LogP contribution in [0.2, 0.25) is 0 Å². The highest BCUT2D eigenvalue weighted by atomic mass is 19.4. The predicted molar refractivity (Wildman–Crippen MR) is 120 cm³/mol. The number of carbonyl (C=O) groups is 1. The molecule has 1 N–H and O–H groups in total. The highest BCUT2D eigenvalue weighted by Crippen LogP contribution is 2.23. The second-order valence-electron chi connectivity index (χ2n) is 7.52. The Morgan fingerprint density at radius 3 is 2.38 bits per heavy atom. The first-order valence-electron chi connectivity index (χ1n) is 10.4. The number of pyridine rings is 1. The normalized spacial score (nSPS) is 11.4. The predicted octanol–water partition coefficient (Wildman–Crippen LogP) is 4.94. The van der Waals surface area contributed by atoms with Gasteiger partial charge in [0.1, 0.15) is 12.3 Å². The molecule has 4 rings (SSSR count). The summed E-state index contributed by atoms with van der Waals surface area (Å²) in [7, 11) is 0. The maximum Gasteiger partial charge on any atom is 0.411 e. The lowest BCUT2D eigenvalue weighted by molar-refractivity contribution is -0.176. The fraction of sp³-hybridized carbons (Fsp3) is 0.160. The van der Waals surface area contributed by atoms with Crippen LogP contribution in [-0.4, -0.2) is 33.5 Å². The van der Waals surface area contributed by atoms with E-state index in [1.165, 1.54) is 0 Å². The van der Waals surface area contributed by atoms with Crippen LogP contribution in [0.25, 0.3) is 16.9 Å². The average Bonchev–Trinajstić information content (AvgIpc) is 3.29. The van der Waals surface area contributed by atoms with E-state index in [0.717, 1.165) is 11.3 Å². The summed E-state index contributed by atoms with van der Waals surface area (Å²) >= 11 is 0. The monoisotopic (exact) mass is 466 g/mol. The number of ether oxygens (including phenoxy) is 1. The van der Waals surface area contributed by atoms with Crippen LogP contribution in [0.1, 0.15) is 21.5 Å². The van der Waals surface area contributed by atoms with E-state index in [1.54, 1.807) is 53.6 Å². The number of nitrogens with one attached hydrogen (secondary N) is 1. The number of nitrogens with zero attached hydrogens (tertiary/aromatic N) is 3. The molecule has 0 unspecified atom stereocenters. The van der Waals surface area contributed by atoms with Gasteiger partial charge < -0.3 is 10.1 Å². The van der Waals surface area contributed by atoms with Gasteiger partial charge in [0, 0.05) is 30.7 Å². The third-order valence-electron chi connectivity index (χ3n) is 4.93. The van der Waals surface area contributed by atoms with Crippen molar-refractivity contribution in [3.05, 3.63) is 102 Å². The van der Waals surface area contributed by atoms with Gasteiger partial charge in [-0.3, -0.25) is 9.78 Å². The minimum atomic E-state index is -4.35. The number of carbonyl (C=O) groups excluding carboxylic acids is 1. The van der Waals surface area contributed by atoms with Crippen molar-refractivity contribution in [2.75, 3.05) is 6.61 Å². The maximum absolute atomic E-state index is 13.0. The van der Waals surface area contributed by atoms with Crippen LogP contribution in [0.4, 0.5) is 13.2 Å². The molecule has 0 spiro atoms. The Balaban J connectivity index is 1.46. The van der Waals surface area contributed by atoms with Gasteiger partial charge in [0.25, 0.3) is 5.91 Å². The Labute approximate surface area is 194 Å². The summed E-state index contributed by atoms with van der Waals surface area (Å²) in [6.07, 6.45) is 0.616. The second-order valence-corrected chi connectivity index (χ2v) is 7.52. The van der Waals surface area contributed by atoms with E-state index in [2.05, 4.69) is 20.1 Å². The Kier molecular flexibility index (Phi) is 7.03. The number of para-hydroxylation sites is 1. The van der Waals surface area contributed by atoms with Gasteiger partial charge in [-0.2, -0.15) is 18.3 Å². The van der Waals surface area contributed by atoms with Gasteiger partial charge in [0.15, 0.2) is 0 Å². The summed E-state index contributed by atoms with van der Waals surface area (Å²) in [4.78, 5) is 17.2. The number of aromatic nitrogens is 3. The lowest BCUT2D eigenvalue weighted by Crippen LogP contribution is -2.23. The van der Waals surface area contributed by atoms with Gasteiger partial charge in [-0.25, -0.2) is 4.68 Å². The molecule has 174 valence electrons. The molecule has 0 saturated carbocycles. The van der Waals surface area contributed by atoms with E-state index in [0.29, 0.717) is 22.4 Å². The first-order valence-corrected chi connectivity index (χ1v) is 10.4. The summed E-state index contributed by atoms with van der Waals surface area (Å²) in [6, 6.07) is 19.9. The third-order valence-corrected chi connectivity index (χ3v) is 4.93. The van der Waals surface area contributed by atoms with Gasteiger partial charge in [0.05, 0.1) is 17.9 Å². The van der Waals surface area contributed by atoms with E-state index in [9.17, 15) is 18.0 Å². The first kappa shape index (κ1) is 23.2. The zero-order valence-electron chi connectivity index (χ0n) is 18.0. The van der Waals surface area contributed by atoms with Crippen LogP contribution < -0.4 is 5.32 Å². The average molecular weight is 466 g/mol. The van der Waals surface area contributed by atoms with Crippen LogP contribution in [-0.2, 0) is 17.9 Å².